The van der Waals surface area contributed by atoms with Gasteiger partial charge in [0.05, 0.1) is 6.61 Å². The molecule has 1 aromatic carbocycles. The number of likely N-dealkylation sites (N-methyl/N-ethyl adjacent to an activating group) is 1. The molecule has 0 aliphatic heterocycles. The van der Waals surface area contributed by atoms with Crippen LogP contribution in [-0.2, 0) is 9.53 Å². The zero-order chi connectivity index (χ0) is 12.0. The van der Waals surface area contributed by atoms with Crippen LogP contribution in [0.25, 0.3) is 0 Å². The van der Waals surface area contributed by atoms with E-state index in [0.717, 1.165) is 5.56 Å². The summed E-state index contributed by atoms with van der Waals surface area (Å²) in [6.07, 6.45) is 0. The summed E-state index contributed by atoms with van der Waals surface area (Å²) in [4.78, 5) is 13.5. The number of ether oxygens (including phenoxy) is 1. The second-order valence-corrected chi connectivity index (χ2v) is 3.64. The number of carbonyl (C=O) groups is 1. The Morgan fingerprint density at radius 2 is 2.06 bits per heavy atom. The molecular formula is C12H18N2O2. The lowest BCUT2D eigenvalue weighted by Gasteiger charge is -2.21. The van der Waals surface area contributed by atoms with Crippen LogP contribution in [0.1, 0.15) is 11.6 Å². The molecule has 0 saturated heterocycles. The van der Waals surface area contributed by atoms with Crippen molar-refractivity contribution in [2.45, 2.75) is 6.04 Å². The van der Waals surface area contributed by atoms with Crippen molar-refractivity contribution in [2.75, 3.05) is 27.3 Å². The molecule has 0 spiro atoms. The molecule has 2 N–H and O–H groups in total. The summed E-state index contributed by atoms with van der Waals surface area (Å²) >= 11 is 0. The molecule has 1 atom stereocenters. The van der Waals surface area contributed by atoms with Crippen LogP contribution in [0, 0.1) is 0 Å². The molecule has 4 nitrogen and oxygen atoms in total. The fourth-order valence-electron chi connectivity index (χ4n) is 1.38. The normalized spacial score (nSPS) is 12.2. The Morgan fingerprint density at radius 1 is 1.44 bits per heavy atom. The van der Waals surface area contributed by atoms with E-state index in [1.165, 1.54) is 0 Å². The van der Waals surface area contributed by atoms with Gasteiger partial charge in [0, 0.05) is 20.7 Å². The van der Waals surface area contributed by atoms with E-state index in [-0.39, 0.29) is 5.91 Å². The highest BCUT2D eigenvalue weighted by atomic mass is 16.5. The molecule has 0 bridgehead atoms. The molecule has 0 fully saturated rings. The summed E-state index contributed by atoms with van der Waals surface area (Å²) < 4.78 is 4.91. The minimum atomic E-state index is -0.594. The predicted molar refractivity (Wildman–Crippen MR) is 62.9 cm³/mol. The Bertz CT molecular complexity index is 327. The second kappa shape index (κ2) is 6.25. The van der Waals surface area contributed by atoms with Crippen molar-refractivity contribution >= 4 is 5.91 Å². The van der Waals surface area contributed by atoms with Crippen molar-refractivity contribution in [3.63, 3.8) is 0 Å². The minimum absolute atomic E-state index is 0.0942. The van der Waals surface area contributed by atoms with Crippen molar-refractivity contribution in [1.82, 2.24) is 4.90 Å². The van der Waals surface area contributed by atoms with Crippen LogP contribution >= 0.6 is 0 Å². The molecule has 0 saturated carbocycles. The molecule has 0 aliphatic carbocycles. The van der Waals surface area contributed by atoms with Crippen molar-refractivity contribution in [2.24, 2.45) is 5.73 Å². The van der Waals surface area contributed by atoms with Crippen LogP contribution < -0.4 is 5.73 Å². The molecule has 16 heavy (non-hydrogen) atoms. The lowest BCUT2D eigenvalue weighted by Crippen LogP contribution is -2.37. The minimum Gasteiger partial charge on any atom is -0.383 e. The maximum absolute atomic E-state index is 11.9. The maximum atomic E-state index is 11.9. The van der Waals surface area contributed by atoms with Gasteiger partial charge in [-0.25, -0.2) is 0 Å². The highest BCUT2D eigenvalue weighted by Crippen LogP contribution is 2.11. The van der Waals surface area contributed by atoms with Gasteiger partial charge in [-0.3, -0.25) is 4.79 Å². The highest BCUT2D eigenvalue weighted by molar-refractivity contribution is 5.82. The quantitative estimate of drug-likeness (QED) is 0.801. The second-order valence-electron chi connectivity index (χ2n) is 3.64. The van der Waals surface area contributed by atoms with Gasteiger partial charge in [0.25, 0.3) is 0 Å². The molecule has 1 rings (SSSR count). The van der Waals surface area contributed by atoms with Crippen LogP contribution in [0.15, 0.2) is 30.3 Å². The molecular weight excluding hydrogens is 204 g/mol. The third-order valence-electron chi connectivity index (χ3n) is 2.43. The average molecular weight is 222 g/mol. The Balaban J connectivity index is 2.60. The fourth-order valence-corrected chi connectivity index (χ4v) is 1.38. The van der Waals surface area contributed by atoms with Gasteiger partial charge in [0.1, 0.15) is 6.04 Å². The Morgan fingerprint density at radius 3 is 2.62 bits per heavy atom. The number of carbonyl (C=O) groups excluding carboxylic acids is 1. The van der Waals surface area contributed by atoms with Crippen molar-refractivity contribution in [1.29, 1.82) is 0 Å². The molecule has 88 valence electrons. The van der Waals surface area contributed by atoms with E-state index in [1.54, 1.807) is 19.1 Å². The molecule has 0 heterocycles. The summed E-state index contributed by atoms with van der Waals surface area (Å²) in [5.74, 6) is -0.0942. The molecule has 0 radical (unpaired) electrons. The Hall–Kier alpha value is -1.39. The highest BCUT2D eigenvalue weighted by Gasteiger charge is 2.18. The largest absolute Gasteiger partial charge is 0.383 e. The first-order valence-corrected chi connectivity index (χ1v) is 5.21. The van der Waals surface area contributed by atoms with Gasteiger partial charge in [-0.05, 0) is 5.56 Å². The van der Waals surface area contributed by atoms with Crippen LogP contribution in [0.5, 0.6) is 0 Å². The number of rotatable bonds is 5. The third kappa shape index (κ3) is 3.32. The van der Waals surface area contributed by atoms with Crippen LogP contribution in [0.4, 0.5) is 0 Å². The zero-order valence-electron chi connectivity index (χ0n) is 9.72. The molecule has 0 unspecified atom stereocenters. The Kier molecular flexibility index (Phi) is 4.95. The fraction of sp³-hybridized carbons (Fsp3) is 0.417. The molecule has 0 aliphatic rings. The number of methoxy groups -OCH3 is 1. The van der Waals surface area contributed by atoms with Gasteiger partial charge in [-0.1, -0.05) is 30.3 Å². The van der Waals surface area contributed by atoms with E-state index in [0.29, 0.717) is 13.2 Å². The number of amides is 1. The van der Waals surface area contributed by atoms with E-state index in [2.05, 4.69) is 0 Å². The Labute approximate surface area is 96.0 Å². The molecule has 4 heteroatoms. The topological polar surface area (TPSA) is 55.6 Å². The molecule has 1 aromatic rings. The smallest absolute Gasteiger partial charge is 0.243 e. The predicted octanol–water partition coefficient (Wildman–Crippen LogP) is 0.791. The van der Waals surface area contributed by atoms with E-state index < -0.39 is 6.04 Å². The van der Waals surface area contributed by atoms with Gasteiger partial charge in [-0.15, -0.1) is 0 Å². The van der Waals surface area contributed by atoms with Gasteiger partial charge in [-0.2, -0.15) is 0 Å². The maximum Gasteiger partial charge on any atom is 0.243 e. The van der Waals surface area contributed by atoms with E-state index in [4.69, 9.17) is 10.5 Å². The van der Waals surface area contributed by atoms with Gasteiger partial charge in [0.15, 0.2) is 0 Å². The number of hydrogen-bond donors (Lipinski definition) is 1. The van der Waals surface area contributed by atoms with Gasteiger partial charge >= 0.3 is 0 Å². The monoisotopic (exact) mass is 222 g/mol. The zero-order valence-corrected chi connectivity index (χ0v) is 9.72. The first-order valence-electron chi connectivity index (χ1n) is 5.21. The van der Waals surface area contributed by atoms with Crippen molar-refractivity contribution in [3.8, 4) is 0 Å². The van der Waals surface area contributed by atoms with Crippen LogP contribution in [0.3, 0.4) is 0 Å². The van der Waals surface area contributed by atoms with Crippen LogP contribution in [-0.4, -0.2) is 38.1 Å². The van der Waals surface area contributed by atoms with Gasteiger partial charge < -0.3 is 15.4 Å². The van der Waals surface area contributed by atoms with Crippen LogP contribution in [0.2, 0.25) is 0 Å². The summed E-state index contributed by atoms with van der Waals surface area (Å²) in [6, 6.07) is 8.76. The number of benzene rings is 1. The first kappa shape index (κ1) is 12.7. The summed E-state index contributed by atoms with van der Waals surface area (Å²) in [5.41, 5.74) is 6.71. The van der Waals surface area contributed by atoms with E-state index in [9.17, 15) is 4.79 Å². The first-order chi connectivity index (χ1) is 7.66. The van der Waals surface area contributed by atoms with Crippen molar-refractivity contribution < 1.29 is 9.53 Å². The SMILES string of the molecule is COCCN(C)C(=O)[C@@H](N)c1ccccc1. The molecule has 1 amide bonds. The van der Waals surface area contributed by atoms with E-state index >= 15 is 0 Å². The van der Waals surface area contributed by atoms with Crippen molar-refractivity contribution in [3.05, 3.63) is 35.9 Å². The average Bonchev–Trinajstić information content (AvgIpc) is 2.35. The summed E-state index contributed by atoms with van der Waals surface area (Å²) in [7, 11) is 3.33. The third-order valence-corrected chi connectivity index (χ3v) is 2.43. The van der Waals surface area contributed by atoms with E-state index in [1.807, 2.05) is 30.3 Å². The number of nitrogens with two attached hydrogens (primary N) is 1. The van der Waals surface area contributed by atoms with Gasteiger partial charge in [0.2, 0.25) is 5.91 Å². The summed E-state index contributed by atoms with van der Waals surface area (Å²) in [5, 5.41) is 0. The lowest BCUT2D eigenvalue weighted by molar-refractivity contribution is -0.132. The number of hydrogen-bond acceptors (Lipinski definition) is 3. The summed E-state index contributed by atoms with van der Waals surface area (Å²) in [6.45, 7) is 1.07. The number of nitrogens with zero attached hydrogens (tertiary/aromatic N) is 1. The standard InChI is InChI=1S/C12H18N2O2/c1-14(8-9-16-2)12(15)11(13)10-6-4-3-5-7-10/h3-7,11H,8-9,13H2,1-2H3/t11-/m0/s1. The molecule has 0 aromatic heterocycles. The lowest BCUT2D eigenvalue weighted by atomic mass is 10.1.